The maximum atomic E-state index is 2.33. The van der Waals surface area contributed by atoms with Gasteiger partial charge in [-0.05, 0) is 0 Å². The first-order valence-corrected chi connectivity index (χ1v) is 4.76. The maximum absolute atomic E-state index is 2.33. The molecule has 0 heterocycles. The van der Waals surface area contributed by atoms with Gasteiger partial charge in [-0.3, -0.25) is 0 Å². The van der Waals surface area contributed by atoms with E-state index < -0.39 is 0 Å². The fourth-order valence-corrected chi connectivity index (χ4v) is 2.83. The monoisotopic (exact) mass is 130 g/mol. The topological polar surface area (TPSA) is 0 Å². The van der Waals surface area contributed by atoms with Gasteiger partial charge in [-0.15, -0.1) is 0 Å². The fraction of sp³-hybridized carbons (Fsp3) is 1.00. The van der Waals surface area contributed by atoms with Crippen molar-refractivity contribution in [3.63, 3.8) is 0 Å². The van der Waals surface area contributed by atoms with Crippen LogP contribution in [0.3, 0.4) is 0 Å². The minimum atomic E-state index is 0. The molecular weight excluding hydrogens is 111 g/mol. The Morgan fingerprint density at radius 3 is 1.12 bits per heavy atom. The molecule has 50 valence electrons. The Morgan fingerprint density at radius 1 is 0.875 bits per heavy atom. The Bertz CT molecular complexity index is 33.7. The normalized spacial score (nSPS) is 9.25. The molecular formula is C7H19Al. The van der Waals surface area contributed by atoms with Crippen LogP contribution in [0.2, 0.25) is 9.56 Å². The predicted molar refractivity (Wildman–Crippen MR) is 44.1 cm³/mol. The van der Waals surface area contributed by atoms with Gasteiger partial charge in [0.2, 0.25) is 15.2 Å². The van der Waals surface area contributed by atoms with Crippen molar-refractivity contribution in [1.29, 1.82) is 0 Å². The zero-order chi connectivity index (χ0) is 5.86. The van der Waals surface area contributed by atoms with E-state index in [1.165, 1.54) is 0 Å². The smallest absolute Gasteiger partial charge is 0.0912 e. The largest absolute Gasteiger partial charge is 0.243 e. The van der Waals surface area contributed by atoms with Crippen molar-refractivity contribution in [2.75, 3.05) is 0 Å². The molecule has 0 aromatic heterocycles. The van der Waals surface area contributed by atoms with Gasteiger partial charge < -0.3 is 0 Å². The second kappa shape index (κ2) is 5.67. The van der Waals surface area contributed by atoms with Crippen LogP contribution in [0, 0.1) is 0 Å². The molecule has 0 amide bonds. The first-order chi connectivity index (χ1) is 3.13. The van der Waals surface area contributed by atoms with Crippen LogP contribution in [0.4, 0.5) is 0 Å². The minimum Gasteiger partial charge on any atom is -0.0912 e. The van der Waals surface area contributed by atoms with Crippen LogP contribution < -0.4 is 0 Å². The third kappa shape index (κ3) is 9.73. The van der Waals surface area contributed by atoms with Crippen molar-refractivity contribution in [1.82, 2.24) is 0 Å². The van der Waals surface area contributed by atoms with E-state index in [1.807, 2.05) is 0 Å². The van der Waals surface area contributed by atoms with Crippen LogP contribution in [-0.4, -0.2) is 15.2 Å². The lowest BCUT2D eigenvalue weighted by atomic mass is 10.5. The van der Waals surface area contributed by atoms with Gasteiger partial charge in [0, 0.05) is 0 Å². The highest BCUT2D eigenvalue weighted by Crippen LogP contribution is 2.07. The average molecular weight is 130 g/mol. The van der Waals surface area contributed by atoms with Crippen LogP contribution >= 0.6 is 0 Å². The molecule has 1 heteroatoms. The third-order valence-electron chi connectivity index (χ3n) is 0.943. The van der Waals surface area contributed by atoms with E-state index in [1.54, 1.807) is 0 Å². The second-order valence-electron chi connectivity index (χ2n) is 3.02. The predicted octanol–water partition coefficient (Wildman–Crippen LogP) is 2.72. The molecule has 0 saturated carbocycles. The van der Waals surface area contributed by atoms with Gasteiger partial charge in [0.1, 0.15) is 0 Å². The molecule has 8 heavy (non-hydrogen) atoms. The zero-order valence-electron chi connectivity index (χ0n) is 5.86. The van der Waals surface area contributed by atoms with E-state index in [2.05, 4.69) is 27.7 Å². The van der Waals surface area contributed by atoms with Crippen molar-refractivity contribution in [3.8, 4) is 0 Å². The molecule has 0 aromatic carbocycles. The van der Waals surface area contributed by atoms with Crippen LogP contribution in [0.25, 0.3) is 0 Å². The SMILES string of the molecule is C.C[CH](C)[AlH][CH](C)C. The summed E-state index contributed by atoms with van der Waals surface area (Å²) in [6, 6.07) is 0. The molecule has 0 radical (unpaired) electrons. The molecule has 0 bridgehead atoms. The van der Waals surface area contributed by atoms with Crippen molar-refractivity contribution in [2.45, 2.75) is 44.7 Å². The maximum Gasteiger partial charge on any atom is 0.243 e. The molecule has 0 saturated heterocycles. The molecule has 0 aliphatic heterocycles. The molecule has 0 spiro atoms. The van der Waals surface area contributed by atoms with Gasteiger partial charge >= 0.3 is 0 Å². The molecule has 0 rings (SSSR count). The van der Waals surface area contributed by atoms with Crippen LogP contribution in [0.1, 0.15) is 35.1 Å². The summed E-state index contributed by atoms with van der Waals surface area (Å²) in [5.74, 6) is 0. The standard InChI is InChI=1S/2C3H7.CH4.Al.H/c2*1-3-2;;;/h2*3H,1-2H3;1H4;;. The van der Waals surface area contributed by atoms with Crippen molar-refractivity contribution >= 4 is 15.2 Å². The summed E-state index contributed by atoms with van der Waals surface area (Å²) in [4.78, 5) is 0. The zero-order valence-corrected chi connectivity index (χ0v) is 7.28. The second-order valence-corrected chi connectivity index (χ2v) is 6.76. The first-order valence-electron chi connectivity index (χ1n) is 3.13. The van der Waals surface area contributed by atoms with E-state index >= 15 is 0 Å². The quantitative estimate of drug-likeness (QED) is 0.504. The number of rotatable bonds is 2. The van der Waals surface area contributed by atoms with Gasteiger partial charge in [-0.1, -0.05) is 44.7 Å². The Morgan fingerprint density at radius 2 is 1.12 bits per heavy atom. The van der Waals surface area contributed by atoms with E-state index in [-0.39, 0.29) is 22.6 Å². The summed E-state index contributed by atoms with van der Waals surface area (Å²) < 4.78 is 2.03. The molecule has 0 aliphatic rings. The number of hydrogen-bond acceptors (Lipinski definition) is 0. The summed E-state index contributed by atoms with van der Waals surface area (Å²) in [7, 11) is 0. The number of hydrogen-bond donors (Lipinski definition) is 0. The van der Waals surface area contributed by atoms with Crippen molar-refractivity contribution in [3.05, 3.63) is 0 Å². The average Bonchev–Trinajstić information content (AvgIpc) is 1.27. The first kappa shape index (κ1) is 11.3. The van der Waals surface area contributed by atoms with Crippen LogP contribution in [0.5, 0.6) is 0 Å². The summed E-state index contributed by atoms with van der Waals surface area (Å²) in [5, 5.41) is 0. The fourth-order valence-electron chi connectivity index (χ4n) is 0.943. The highest BCUT2D eigenvalue weighted by Gasteiger charge is 2.01. The highest BCUT2D eigenvalue weighted by molar-refractivity contribution is 6.38. The van der Waals surface area contributed by atoms with Gasteiger partial charge in [-0.2, -0.15) is 0 Å². The molecule has 0 N–H and O–H groups in total. The van der Waals surface area contributed by atoms with E-state index in [0.29, 0.717) is 0 Å². The van der Waals surface area contributed by atoms with Gasteiger partial charge in [0.05, 0.1) is 0 Å². The van der Waals surface area contributed by atoms with E-state index in [4.69, 9.17) is 0 Å². The summed E-state index contributed by atoms with van der Waals surface area (Å²) in [6.07, 6.45) is 0. The molecule has 0 fully saturated rings. The van der Waals surface area contributed by atoms with E-state index in [9.17, 15) is 0 Å². The van der Waals surface area contributed by atoms with E-state index in [0.717, 1.165) is 9.56 Å². The molecule has 0 atom stereocenters. The highest BCUT2D eigenvalue weighted by atomic mass is 27.1. The molecule has 0 aliphatic carbocycles. The Labute approximate surface area is 60.4 Å². The minimum absolute atomic E-state index is 0. The van der Waals surface area contributed by atoms with Crippen molar-refractivity contribution in [2.24, 2.45) is 0 Å². The summed E-state index contributed by atoms with van der Waals surface area (Å²) in [6.45, 7) is 9.30. The van der Waals surface area contributed by atoms with Crippen LogP contribution in [-0.2, 0) is 0 Å². The lowest BCUT2D eigenvalue weighted by Crippen LogP contribution is -1.98. The molecule has 0 nitrogen and oxygen atoms in total. The molecule has 0 unspecified atom stereocenters. The van der Waals surface area contributed by atoms with Crippen LogP contribution in [0.15, 0.2) is 0 Å². The van der Waals surface area contributed by atoms with Gasteiger partial charge in [-0.25, -0.2) is 0 Å². The Balaban J connectivity index is 0. The molecule has 0 aromatic rings. The summed E-state index contributed by atoms with van der Waals surface area (Å²) in [5.41, 5.74) is 0. The Hall–Kier alpha value is 0.532. The lowest BCUT2D eigenvalue weighted by Gasteiger charge is -2.01. The summed E-state index contributed by atoms with van der Waals surface area (Å²) >= 11 is 0.281. The Kier molecular flexibility index (Phi) is 8.03. The lowest BCUT2D eigenvalue weighted by molar-refractivity contribution is 0.971. The van der Waals surface area contributed by atoms with Gasteiger partial charge in [0.15, 0.2) is 0 Å². The van der Waals surface area contributed by atoms with Gasteiger partial charge in [0.25, 0.3) is 0 Å². The third-order valence-corrected chi connectivity index (χ3v) is 2.83. The van der Waals surface area contributed by atoms with Crippen molar-refractivity contribution < 1.29 is 0 Å².